The van der Waals surface area contributed by atoms with E-state index in [0.717, 1.165) is 179 Å². The fourth-order valence-corrected chi connectivity index (χ4v) is 22.2. The molecule has 145 heavy (non-hydrogen) atoms. The summed E-state index contributed by atoms with van der Waals surface area (Å²) in [4.78, 5) is 42.4. The second-order valence-corrected chi connectivity index (χ2v) is 52.2. The molecule has 6 aromatic rings. The van der Waals surface area contributed by atoms with E-state index in [2.05, 4.69) is 293 Å². The number of nitriles is 1. The highest BCUT2D eigenvalue weighted by Crippen LogP contribution is 2.38. The molecule has 0 aromatic carbocycles. The number of hydrogen-bond donors (Lipinski definition) is 2. The molecule has 6 aromatic heterocycles. The number of esters is 1. The Bertz CT molecular complexity index is 4730. The van der Waals surface area contributed by atoms with Crippen LogP contribution in [0.5, 0.6) is 0 Å². The zero-order valence-electron chi connectivity index (χ0n) is 95.6. The van der Waals surface area contributed by atoms with Gasteiger partial charge in [0, 0.05) is 188 Å². The number of carbonyl (C=O) groups is 2. The molecule has 0 aliphatic carbocycles. The van der Waals surface area contributed by atoms with E-state index in [-0.39, 0.29) is 93.1 Å². The van der Waals surface area contributed by atoms with Crippen molar-refractivity contribution in [2.24, 2.45) is 17.8 Å². The van der Waals surface area contributed by atoms with Gasteiger partial charge in [-0.1, -0.05) is 0 Å². The van der Waals surface area contributed by atoms with Gasteiger partial charge in [-0.25, -0.2) is 8.42 Å². The summed E-state index contributed by atoms with van der Waals surface area (Å²) in [5.74, 6) is 4.36. The summed E-state index contributed by atoms with van der Waals surface area (Å²) in [7, 11) is 0.417. The van der Waals surface area contributed by atoms with Crippen LogP contribution in [0.15, 0.2) is 56.9 Å². The number of piperidine rings is 6. The molecular weight excluding hydrogens is 1860 g/mol. The molecule has 0 bridgehead atoms. The summed E-state index contributed by atoms with van der Waals surface area (Å²) in [5, 5.41) is 75.1. The summed E-state index contributed by atoms with van der Waals surface area (Å²) in [6.45, 7) is 83.4. The van der Waals surface area contributed by atoms with Gasteiger partial charge in [-0.05, 0) is 309 Å². The van der Waals surface area contributed by atoms with Crippen molar-refractivity contribution < 1.29 is 51.9 Å². The first-order chi connectivity index (χ1) is 67.6. The number of hydrogen-bond acceptors (Lipinski definition) is 31. The van der Waals surface area contributed by atoms with Crippen LogP contribution in [-0.4, -0.2) is 377 Å². The van der Waals surface area contributed by atoms with Crippen molar-refractivity contribution in [1.82, 2.24) is 128 Å². The second-order valence-electron chi connectivity index (χ2n) is 49.9. The molecule has 2 N–H and O–H groups in total. The number of ether oxygens (including phenoxy) is 5. The Morgan fingerprint density at radius 2 is 0.869 bits per heavy atom. The average Bonchev–Trinajstić information content (AvgIpc) is 1.37. The van der Waals surface area contributed by atoms with Crippen LogP contribution >= 0.6 is 0 Å². The van der Waals surface area contributed by atoms with Gasteiger partial charge in [-0.2, -0.15) is 5.26 Å². The van der Waals surface area contributed by atoms with Crippen LogP contribution in [0.3, 0.4) is 0 Å². The molecule has 826 valence electrons. The number of sulfone groups is 1. The van der Waals surface area contributed by atoms with Gasteiger partial charge in [-0.15, -0.1) is 61.2 Å². The van der Waals surface area contributed by atoms with Crippen molar-refractivity contribution >= 4 is 21.7 Å². The number of carbonyl (C=O) groups excluding carboxylic acids is 2. The van der Waals surface area contributed by atoms with Gasteiger partial charge in [0.25, 0.3) is 0 Å². The number of methoxy groups -OCH3 is 2. The Hall–Kier alpha value is -7.30. The summed E-state index contributed by atoms with van der Waals surface area (Å²) >= 11 is 0. The lowest BCUT2D eigenvalue weighted by Crippen LogP contribution is -2.61. The third kappa shape index (κ3) is 41.1. The maximum absolute atomic E-state index is 12.0. The Balaban J connectivity index is 0.000000222. The maximum atomic E-state index is 12.0. The number of aryl methyl sites for hydroxylation is 1. The van der Waals surface area contributed by atoms with Gasteiger partial charge in [0.1, 0.15) is 85.0 Å². The van der Waals surface area contributed by atoms with E-state index in [1.807, 2.05) is 67.0 Å². The number of likely N-dealkylation sites (tertiary alicyclic amines) is 6. The van der Waals surface area contributed by atoms with Crippen molar-refractivity contribution in [2.75, 3.05) is 157 Å². The molecule has 5 unspecified atom stereocenters. The molecule has 1 amide bonds. The monoisotopic (exact) mass is 2050 g/mol. The van der Waals surface area contributed by atoms with Gasteiger partial charge in [-0.3, -0.25) is 43.9 Å². The highest BCUT2D eigenvalue weighted by molar-refractivity contribution is 7.91. The van der Waals surface area contributed by atoms with E-state index in [0.29, 0.717) is 85.9 Å². The lowest BCUT2D eigenvalue weighted by atomic mass is 9.86. The summed E-state index contributed by atoms with van der Waals surface area (Å²) in [6.07, 6.45) is 32.2. The highest BCUT2D eigenvalue weighted by atomic mass is 32.2. The van der Waals surface area contributed by atoms with Crippen molar-refractivity contribution in [2.45, 2.75) is 415 Å². The lowest BCUT2D eigenvalue weighted by molar-refractivity contribution is -0.150. The first-order valence-electron chi connectivity index (χ1n) is 53.6. The molecule has 15 heterocycles. The molecule has 0 saturated carbocycles. The van der Waals surface area contributed by atoms with Crippen molar-refractivity contribution in [1.29, 1.82) is 5.26 Å². The molecule has 39 heteroatoms. The molecule has 9 aliphatic heterocycles. The predicted octanol–water partition coefficient (Wildman–Crippen LogP) is 13.9. The Labute approximate surface area is 872 Å². The molecule has 15 rings (SSSR count). The summed E-state index contributed by atoms with van der Waals surface area (Å²) < 4.78 is 61.6. The Kier molecular flexibility index (Phi) is 48.3. The van der Waals surface area contributed by atoms with Crippen LogP contribution in [-0.2, 0) is 61.7 Å². The lowest BCUT2D eigenvalue weighted by Gasteiger charge is -2.47. The molecule has 0 spiro atoms. The van der Waals surface area contributed by atoms with Crippen LogP contribution in [0.1, 0.15) is 345 Å². The van der Waals surface area contributed by atoms with E-state index in [1.54, 1.807) is 45.7 Å². The molecule has 9 saturated heterocycles. The quantitative estimate of drug-likeness (QED) is 0.0850. The first kappa shape index (κ1) is 125. The largest absolute Gasteiger partial charge is 0.469 e. The topological polar surface area (TPSA) is 389 Å². The van der Waals surface area contributed by atoms with Gasteiger partial charge in [0.05, 0.1) is 92.3 Å². The highest BCUT2D eigenvalue weighted by Gasteiger charge is 2.43. The number of aliphatic hydroxyl groups excluding tert-OH is 2. The first-order valence-corrected chi connectivity index (χ1v) is 55.4. The SMILES string of the molecule is CC(=O)N1CCN(C(C)(C)C)C(CO)C1.CC(C)(C)N1CCC(CO)(n2cnnc2)CC1.CC(C)(C)N1CCC(n2cnnc2CC#N)CC1.CC(C)(C)OCC1CCOCC1.CC(C)(C)OCC1CCS(=O)(=O)CC1.CC1CC(n2cnnc2)CCN1C(C)(C)C.COC(=O)C1CN(C(C)(C)C)CCC1n1cnnc1.COCc1nncn1C1CCN(C(C)(C)C)CC1.Cc1nncn1C1CCN(C(C)(C)C)CC1. The number of amides is 1. The van der Waals surface area contributed by atoms with Crippen LogP contribution in [0.4, 0.5) is 0 Å². The molecule has 9 fully saturated rings. The number of aromatic nitrogens is 18. The Morgan fingerprint density at radius 1 is 0.462 bits per heavy atom. The third-order valence-electron chi connectivity index (χ3n) is 29.8. The van der Waals surface area contributed by atoms with Crippen LogP contribution in [0, 0.1) is 36.0 Å². The van der Waals surface area contributed by atoms with E-state index in [9.17, 15) is 28.2 Å². The van der Waals surface area contributed by atoms with Crippen molar-refractivity contribution in [3.05, 3.63) is 74.4 Å². The zero-order valence-corrected chi connectivity index (χ0v) is 96.4. The fourth-order valence-electron chi connectivity index (χ4n) is 20.6. The molecule has 38 nitrogen and oxygen atoms in total. The summed E-state index contributed by atoms with van der Waals surface area (Å²) in [5.41, 5.74) is 1.10. The number of aliphatic hydroxyl groups is 2. The van der Waals surface area contributed by atoms with Gasteiger partial charge >= 0.3 is 5.97 Å². The number of rotatable bonds is 16. The molecule has 0 radical (unpaired) electrons. The normalized spacial score (nSPS) is 22.5. The minimum absolute atomic E-state index is 0.0122. The van der Waals surface area contributed by atoms with Crippen molar-refractivity contribution in [3.8, 4) is 6.07 Å². The Morgan fingerprint density at radius 3 is 1.27 bits per heavy atom. The second kappa shape index (κ2) is 56.2. The van der Waals surface area contributed by atoms with Crippen LogP contribution in [0.2, 0.25) is 0 Å². The van der Waals surface area contributed by atoms with Gasteiger partial charge in [0.2, 0.25) is 5.91 Å². The molecule has 5 atom stereocenters. The maximum Gasteiger partial charge on any atom is 0.312 e. The van der Waals surface area contributed by atoms with Gasteiger partial charge < -0.3 is 66.2 Å². The van der Waals surface area contributed by atoms with Crippen molar-refractivity contribution in [3.63, 3.8) is 0 Å². The third-order valence-corrected chi connectivity index (χ3v) is 31.5. The summed E-state index contributed by atoms with van der Waals surface area (Å²) in [6, 6.07) is 5.06. The number of piperazine rings is 1. The average molecular weight is 2060 g/mol. The number of nitrogens with zero attached hydrogens (tertiary/aromatic N) is 27. The van der Waals surface area contributed by atoms with Crippen LogP contribution in [0.25, 0.3) is 0 Å². The minimum Gasteiger partial charge on any atom is -0.469 e. The minimum atomic E-state index is -2.73. The van der Waals surface area contributed by atoms with E-state index >= 15 is 0 Å². The molecular formula is C106H195N27O11S. The fraction of sp³-hybridized carbons (Fsp3) is 0.858. The zero-order chi connectivity index (χ0) is 108. The standard InChI is InChI=1S/C13H21N5.C13H22N4O2.C13H24N4O.C12H22N4O.2C12H22N4.C11H22N2O2.C10H20O3S.C10H20O2/c1-13(2,3)17-8-5-11(6-9-17)18-10-15-16-12(18)4-7-14;1-13(2,3)17-6-5-11(16-8-14-15-9-16)10(7-17)12(18)19-4;1-13(2,3)16-7-5-11(6-8-16)17-10-14-15-12(17)9-18-4;1-11(2,3)15-6-4-12(8-17,5-7-15)16-9-13-14-10-16;1-10-14-13-9-16(10)11-5-7-15(8-6-11)12(2,3)4;1-10-7-11(15-8-13-14-9-15)5-6-16(10)12(2,3)4;1-9(15)12-5-6-13(11(2,3)4)10(7-12)8-14;1-10(2,3)13-8-9-4-6-14(11,12)7-5-9;1-10(2,3)12-8-9-4-6-11-7-5-9/h10-11H,4-6,8-9H2,1-3H3;8-11H,5-7H2,1-4H3;10-11H,5-9H2,1-4H3;9-10,17H,4-8H2,1-3H3;9,11H,5-8H2,1-4H3;8-11H,5-7H2,1-4H3;10,14H,5-8H2,1-4H3;9H,4-8H2,1-3H3;9H,4-8H2,1-3H3. The predicted molar refractivity (Wildman–Crippen MR) is 570 cm³/mol. The van der Waals surface area contributed by atoms with E-state index < -0.39 is 9.84 Å². The van der Waals surface area contributed by atoms with E-state index in [1.165, 1.54) is 45.9 Å². The van der Waals surface area contributed by atoms with E-state index in [4.69, 9.17) is 28.9 Å². The van der Waals surface area contributed by atoms with Crippen LogP contribution < -0.4 is 0 Å². The van der Waals surface area contributed by atoms with Gasteiger partial charge in [0.15, 0.2) is 5.82 Å². The smallest absolute Gasteiger partial charge is 0.312 e. The molecule has 9 aliphatic rings.